The number of ether oxygens (including phenoxy) is 2. The zero-order valence-corrected chi connectivity index (χ0v) is 16.6. The number of halogens is 2. The summed E-state index contributed by atoms with van der Waals surface area (Å²) in [6, 6.07) is 7.91. The van der Waals surface area contributed by atoms with Gasteiger partial charge in [-0.2, -0.15) is 0 Å². The number of hydrogen-bond acceptors (Lipinski definition) is 6. The normalized spacial score (nSPS) is 11.6. The van der Waals surface area contributed by atoms with Crippen molar-refractivity contribution in [2.24, 2.45) is 5.16 Å². The first-order valence-corrected chi connectivity index (χ1v) is 8.78. The van der Waals surface area contributed by atoms with Gasteiger partial charge in [-0.3, -0.25) is 9.59 Å². The molecule has 2 aromatic rings. The number of carbonyl (C=O) groups is 2. The Kier molecular flexibility index (Phi) is 8.09. The minimum atomic E-state index is -0.989. The lowest BCUT2D eigenvalue weighted by atomic mass is 10.2. The summed E-state index contributed by atoms with van der Waals surface area (Å²) in [4.78, 5) is 28.7. The molecule has 0 spiro atoms. The predicted molar refractivity (Wildman–Crippen MR) is 105 cm³/mol. The first-order valence-electron chi connectivity index (χ1n) is 8.78. The number of rotatable bonds is 9. The van der Waals surface area contributed by atoms with Gasteiger partial charge in [0.05, 0.1) is 19.9 Å². The Hall–Kier alpha value is -3.69. The molecule has 0 aliphatic carbocycles. The Labute approximate surface area is 171 Å². The number of oxime groups is 1. The van der Waals surface area contributed by atoms with Crippen LogP contribution in [0.4, 0.5) is 14.5 Å². The maximum atomic E-state index is 13.5. The molecule has 2 amide bonds. The van der Waals surface area contributed by atoms with Crippen LogP contribution in [0.2, 0.25) is 0 Å². The summed E-state index contributed by atoms with van der Waals surface area (Å²) in [6.07, 6.45) is -0.252. The van der Waals surface area contributed by atoms with Crippen LogP contribution in [0, 0.1) is 11.6 Å². The van der Waals surface area contributed by atoms with Crippen LogP contribution in [-0.2, 0) is 21.0 Å². The first-order chi connectivity index (χ1) is 14.3. The average Bonchev–Trinajstić information content (AvgIpc) is 2.73. The van der Waals surface area contributed by atoms with E-state index in [4.69, 9.17) is 14.3 Å². The fraction of sp³-hybridized carbons (Fsp3) is 0.250. The van der Waals surface area contributed by atoms with Crippen molar-refractivity contribution in [3.63, 3.8) is 0 Å². The Morgan fingerprint density at radius 1 is 1.10 bits per heavy atom. The lowest BCUT2D eigenvalue weighted by Crippen LogP contribution is -2.33. The van der Waals surface area contributed by atoms with E-state index >= 15 is 0 Å². The number of amides is 2. The molecule has 0 saturated carbocycles. The van der Waals surface area contributed by atoms with Gasteiger partial charge in [0.15, 0.2) is 11.5 Å². The van der Waals surface area contributed by atoms with Gasteiger partial charge in [0.1, 0.15) is 17.8 Å². The minimum Gasteiger partial charge on any atom is -0.493 e. The highest BCUT2D eigenvalue weighted by Crippen LogP contribution is 2.27. The van der Waals surface area contributed by atoms with E-state index in [1.54, 1.807) is 18.2 Å². The summed E-state index contributed by atoms with van der Waals surface area (Å²) in [7, 11) is 3.03. The molecule has 30 heavy (non-hydrogen) atoms. The van der Waals surface area contributed by atoms with Gasteiger partial charge in [0.25, 0.3) is 11.8 Å². The van der Waals surface area contributed by atoms with Gasteiger partial charge in [-0.1, -0.05) is 11.2 Å². The third kappa shape index (κ3) is 6.43. The van der Waals surface area contributed by atoms with Gasteiger partial charge in [-0.15, -0.1) is 0 Å². The van der Waals surface area contributed by atoms with Crippen LogP contribution in [0.1, 0.15) is 12.5 Å². The summed E-state index contributed by atoms with van der Waals surface area (Å²) in [5, 5.41) is 8.24. The second-order valence-electron chi connectivity index (χ2n) is 6.00. The molecule has 0 saturated heterocycles. The van der Waals surface area contributed by atoms with E-state index in [-0.39, 0.29) is 12.2 Å². The Morgan fingerprint density at radius 3 is 2.50 bits per heavy atom. The van der Waals surface area contributed by atoms with E-state index in [9.17, 15) is 18.4 Å². The van der Waals surface area contributed by atoms with Crippen molar-refractivity contribution >= 4 is 23.7 Å². The first kappa shape index (κ1) is 22.6. The van der Waals surface area contributed by atoms with Crippen LogP contribution in [0.5, 0.6) is 11.5 Å². The molecule has 8 nitrogen and oxygen atoms in total. The fourth-order valence-electron chi connectivity index (χ4n) is 2.30. The van der Waals surface area contributed by atoms with E-state index in [1.165, 1.54) is 21.1 Å². The molecule has 2 N–H and O–H groups in total. The fourth-order valence-corrected chi connectivity index (χ4v) is 2.30. The molecular formula is C20H21F2N3O5. The maximum absolute atomic E-state index is 13.5. The van der Waals surface area contributed by atoms with E-state index in [1.807, 2.05) is 0 Å². The second-order valence-corrected chi connectivity index (χ2v) is 6.00. The smallest absolute Gasteiger partial charge is 0.270 e. The molecule has 1 atom stereocenters. The number of nitrogens with zero attached hydrogens (tertiary/aromatic N) is 1. The SMILES string of the molecule is COc1ccc(CNC(=O)C(C)O/N=C/C(=O)Nc2ccc(F)cc2F)cc1OC. The molecule has 1 unspecified atom stereocenters. The summed E-state index contributed by atoms with van der Waals surface area (Å²) in [5.74, 6) is -1.87. The highest BCUT2D eigenvalue weighted by atomic mass is 19.1. The van der Waals surface area contributed by atoms with Crippen LogP contribution in [0.25, 0.3) is 0 Å². The zero-order valence-electron chi connectivity index (χ0n) is 16.6. The minimum absolute atomic E-state index is 0.209. The van der Waals surface area contributed by atoms with Crippen molar-refractivity contribution in [1.29, 1.82) is 0 Å². The second kappa shape index (κ2) is 10.7. The van der Waals surface area contributed by atoms with Gasteiger partial charge >= 0.3 is 0 Å². The number of methoxy groups -OCH3 is 2. The molecule has 0 heterocycles. The van der Waals surface area contributed by atoms with Crippen molar-refractivity contribution in [2.75, 3.05) is 19.5 Å². The van der Waals surface area contributed by atoms with Crippen molar-refractivity contribution in [2.45, 2.75) is 19.6 Å². The Morgan fingerprint density at radius 2 is 1.83 bits per heavy atom. The van der Waals surface area contributed by atoms with E-state index < -0.39 is 29.6 Å². The lowest BCUT2D eigenvalue weighted by molar-refractivity contribution is -0.132. The molecule has 0 aliphatic rings. The largest absolute Gasteiger partial charge is 0.493 e. The number of anilines is 1. The molecule has 0 fully saturated rings. The maximum Gasteiger partial charge on any atom is 0.270 e. The van der Waals surface area contributed by atoms with Crippen LogP contribution in [0.3, 0.4) is 0 Å². The number of nitrogens with one attached hydrogen (secondary N) is 2. The lowest BCUT2D eigenvalue weighted by Gasteiger charge is -2.12. The highest BCUT2D eigenvalue weighted by molar-refractivity contribution is 6.31. The van der Waals surface area contributed by atoms with Crippen molar-refractivity contribution in [3.8, 4) is 11.5 Å². The van der Waals surface area contributed by atoms with Gasteiger partial charge in [0, 0.05) is 12.6 Å². The standard InChI is InChI=1S/C20H21F2N3O5/c1-12(20(27)23-10-13-4-7-17(28-2)18(8-13)29-3)30-24-11-19(26)25-16-6-5-14(21)9-15(16)22/h4-9,11-12H,10H2,1-3H3,(H,23,27)(H,25,26)/b24-11+. The Balaban J connectivity index is 1.81. The summed E-state index contributed by atoms with van der Waals surface area (Å²) in [6.45, 7) is 1.65. The topological polar surface area (TPSA) is 98.3 Å². The van der Waals surface area contributed by atoms with Gasteiger partial charge in [-0.05, 0) is 36.8 Å². The number of benzene rings is 2. The molecule has 0 aromatic heterocycles. The average molecular weight is 421 g/mol. The van der Waals surface area contributed by atoms with Crippen LogP contribution in [0.15, 0.2) is 41.6 Å². The monoisotopic (exact) mass is 421 g/mol. The summed E-state index contributed by atoms with van der Waals surface area (Å²) < 4.78 is 36.7. The van der Waals surface area contributed by atoms with Crippen molar-refractivity contribution in [1.82, 2.24) is 5.32 Å². The molecule has 0 aliphatic heterocycles. The van der Waals surface area contributed by atoms with Crippen LogP contribution in [-0.4, -0.2) is 38.4 Å². The number of carbonyl (C=O) groups excluding carboxylic acids is 2. The van der Waals surface area contributed by atoms with E-state index in [0.29, 0.717) is 17.6 Å². The van der Waals surface area contributed by atoms with Gasteiger partial charge in [0.2, 0.25) is 6.10 Å². The van der Waals surface area contributed by atoms with Gasteiger partial charge in [-0.25, -0.2) is 8.78 Å². The third-order valence-corrected chi connectivity index (χ3v) is 3.86. The molecular weight excluding hydrogens is 400 g/mol. The van der Waals surface area contributed by atoms with Crippen LogP contribution < -0.4 is 20.1 Å². The molecule has 10 heteroatoms. The molecule has 0 radical (unpaired) electrons. The van der Waals surface area contributed by atoms with Crippen molar-refractivity contribution in [3.05, 3.63) is 53.6 Å². The predicted octanol–water partition coefficient (Wildman–Crippen LogP) is 2.63. The quantitative estimate of drug-likeness (QED) is 0.479. The molecule has 160 valence electrons. The van der Waals surface area contributed by atoms with E-state index in [2.05, 4.69) is 15.8 Å². The summed E-state index contributed by atoms with van der Waals surface area (Å²) in [5.41, 5.74) is 0.561. The summed E-state index contributed by atoms with van der Waals surface area (Å²) >= 11 is 0. The van der Waals surface area contributed by atoms with Gasteiger partial charge < -0.3 is 24.9 Å². The van der Waals surface area contributed by atoms with E-state index in [0.717, 1.165) is 23.9 Å². The molecule has 2 aromatic carbocycles. The molecule has 0 bridgehead atoms. The van der Waals surface area contributed by atoms with Crippen LogP contribution >= 0.6 is 0 Å². The van der Waals surface area contributed by atoms with Crippen molar-refractivity contribution < 1.29 is 32.7 Å². The Bertz CT molecular complexity index is 937. The zero-order chi connectivity index (χ0) is 22.1. The highest BCUT2D eigenvalue weighted by Gasteiger charge is 2.14. The molecule has 2 rings (SSSR count). The number of hydrogen-bond donors (Lipinski definition) is 2. The third-order valence-electron chi connectivity index (χ3n) is 3.86.